The van der Waals surface area contributed by atoms with Crippen molar-refractivity contribution in [2.45, 2.75) is 45.3 Å². The number of carbonyl (C=O) groups is 1. The molecule has 4 nitrogen and oxygen atoms in total. The molecule has 0 fully saturated rings. The van der Waals surface area contributed by atoms with E-state index in [4.69, 9.17) is 10.5 Å². The predicted molar refractivity (Wildman–Crippen MR) is 64.2 cm³/mol. The molecule has 1 atom stereocenters. The number of hydrogen-bond acceptors (Lipinski definition) is 3. The monoisotopic (exact) mass is 238 g/mol. The lowest BCUT2D eigenvalue weighted by Crippen LogP contribution is -2.46. The van der Waals surface area contributed by atoms with Crippen molar-refractivity contribution in [1.29, 1.82) is 0 Å². The maximum atomic E-state index is 11.4. The lowest BCUT2D eigenvalue weighted by molar-refractivity contribution is -0.123. The van der Waals surface area contributed by atoms with E-state index in [-0.39, 0.29) is 23.9 Å². The number of methoxy groups -OCH3 is 1. The molecule has 0 aliphatic carbocycles. The lowest BCUT2D eigenvalue weighted by atomic mass is 10.1. The fourth-order valence-electron chi connectivity index (χ4n) is 0.945. The second kappa shape index (κ2) is 7.91. The van der Waals surface area contributed by atoms with Gasteiger partial charge in [0.15, 0.2) is 0 Å². The Morgan fingerprint density at radius 3 is 2.47 bits per heavy atom. The number of rotatable bonds is 6. The van der Waals surface area contributed by atoms with E-state index < -0.39 is 6.04 Å². The minimum absolute atomic E-state index is 0. The first-order valence-electron chi connectivity index (χ1n) is 5.01. The quantitative estimate of drug-likeness (QED) is 0.728. The van der Waals surface area contributed by atoms with Gasteiger partial charge in [-0.2, -0.15) is 0 Å². The van der Waals surface area contributed by atoms with Gasteiger partial charge >= 0.3 is 0 Å². The molecule has 0 aliphatic rings. The Kier molecular flexibility index (Phi) is 9.01. The van der Waals surface area contributed by atoms with E-state index >= 15 is 0 Å². The van der Waals surface area contributed by atoms with E-state index in [0.717, 1.165) is 12.8 Å². The van der Waals surface area contributed by atoms with Crippen molar-refractivity contribution >= 4 is 18.3 Å². The Balaban J connectivity index is 0. The van der Waals surface area contributed by atoms with Gasteiger partial charge in [0, 0.05) is 13.7 Å². The van der Waals surface area contributed by atoms with Crippen molar-refractivity contribution in [3.8, 4) is 0 Å². The van der Waals surface area contributed by atoms with E-state index in [1.807, 2.05) is 20.8 Å². The van der Waals surface area contributed by atoms with Crippen LogP contribution >= 0.6 is 12.4 Å². The standard InChI is InChI=1S/C10H22N2O2.ClH/c1-5-6-8(11)9(13)12-7-10(2,3)14-4;/h8H,5-7,11H2,1-4H3,(H,12,13);1H. The smallest absolute Gasteiger partial charge is 0.237 e. The number of halogens is 1. The minimum atomic E-state index is -0.396. The molecule has 0 aliphatic heterocycles. The average molecular weight is 239 g/mol. The van der Waals surface area contributed by atoms with Gasteiger partial charge in [-0.25, -0.2) is 0 Å². The molecule has 0 bridgehead atoms. The molecule has 1 amide bonds. The van der Waals surface area contributed by atoms with Gasteiger partial charge in [-0.05, 0) is 20.3 Å². The highest BCUT2D eigenvalue weighted by atomic mass is 35.5. The summed E-state index contributed by atoms with van der Waals surface area (Å²) in [5.41, 5.74) is 5.31. The number of hydrogen-bond donors (Lipinski definition) is 2. The molecule has 0 aromatic rings. The van der Waals surface area contributed by atoms with Crippen LogP contribution in [0.15, 0.2) is 0 Å². The van der Waals surface area contributed by atoms with Crippen molar-refractivity contribution in [3.63, 3.8) is 0 Å². The first-order chi connectivity index (χ1) is 6.43. The van der Waals surface area contributed by atoms with Gasteiger partial charge in [-0.15, -0.1) is 12.4 Å². The molecular weight excluding hydrogens is 216 g/mol. The highest BCUT2D eigenvalue weighted by Gasteiger charge is 2.19. The van der Waals surface area contributed by atoms with Crippen LogP contribution in [0.4, 0.5) is 0 Å². The van der Waals surface area contributed by atoms with E-state index in [2.05, 4.69) is 5.32 Å². The molecular formula is C10H23ClN2O2. The van der Waals surface area contributed by atoms with Crippen molar-refractivity contribution in [1.82, 2.24) is 5.32 Å². The largest absolute Gasteiger partial charge is 0.377 e. The Bertz CT molecular complexity index is 186. The third kappa shape index (κ3) is 7.59. The molecule has 0 aromatic carbocycles. The Labute approximate surface area is 98.3 Å². The van der Waals surface area contributed by atoms with Crippen LogP contribution in [-0.2, 0) is 9.53 Å². The van der Waals surface area contributed by atoms with Crippen molar-refractivity contribution < 1.29 is 9.53 Å². The van der Waals surface area contributed by atoms with Gasteiger partial charge in [0.2, 0.25) is 5.91 Å². The summed E-state index contributed by atoms with van der Waals surface area (Å²) in [6.07, 6.45) is 1.64. The van der Waals surface area contributed by atoms with Crippen LogP contribution in [-0.4, -0.2) is 31.2 Å². The SMILES string of the molecule is CCCC(N)C(=O)NCC(C)(C)OC.Cl. The molecule has 0 heterocycles. The predicted octanol–water partition coefficient (Wildman–Crippen LogP) is 1.08. The summed E-state index contributed by atoms with van der Waals surface area (Å²) in [4.78, 5) is 11.4. The number of ether oxygens (including phenoxy) is 1. The third-order valence-corrected chi connectivity index (χ3v) is 2.18. The van der Waals surface area contributed by atoms with E-state index in [1.54, 1.807) is 7.11 Å². The van der Waals surface area contributed by atoms with Gasteiger partial charge in [0.25, 0.3) is 0 Å². The number of carbonyl (C=O) groups excluding carboxylic acids is 1. The summed E-state index contributed by atoms with van der Waals surface area (Å²) in [6, 6.07) is -0.396. The second-order valence-corrected chi connectivity index (χ2v) is 4.08. The highest BCUT2D eigenvalue weighted by Crippen LogP contribution is 2.04. The highest BCUT2D eigenvalue weighted by molar-refractivity contribution is 5.85. The first kappa shape index (κ1) is 17.1. The molecule has 3 N–H and O–H groups in total. The lowest BCUT2D eigenvalue weighted by Gasteiger charge is -2.24. The molecule has 0 saturated carbocycles. The molecule has 92 valence electrons. The van der Waals surface area contributed by atoms with Gasteiger partial charge in [0.1, 0.15) is 0 Å². The number of nitrogens with two attached hydrogens (primary N) is 1. The zero-order valence-corrected chi connectivity index (χ0v) is 10.8. The molecule has 0 radical (unpaired) electrons. The summed E-state index contributed by atoms with van der Waals surface area (Å²) >= 11 is 0. The normalized spacial score (nSPS) is 12.9. The second-order valence-electron chi connectivity index (χ2n) is 4.08. The molecule has 0 spiro atoms. The van der Waals surface area contributed by atoms with Crippen LogP contribution in [0.1, 0.15) is 33.6 Å². The van der Waals surface area contributed by atoms with Crippen molar-refractivity contribution in [2.24, 2.45) is 5.73 Å². The van der Waals surface area contributed by atoms with Crippen LogP contribution in [0.25, 0.3) is 0 Å². The summed E-state index contributed by atoms with van der Waals surface area (Å²) in [5.74, 6) is -0.100. The number of amides is 1. The number of nitrogens with one attached hydrogen (secondary N) is 1. The van der Waals surface area contributed by atoms with Crippen LogP contribution in [0.2, 0.25) is 0 Å². The maximum Gasteiger partial charge on any atom is 0.237 e. The Morgan fingerprint density at radius 1 is 1.53 bits per heavy atom. The van der Waals surface area contributed by atoms with Crippen LogP contribution in [0.5, 0.6) is 0 Å². The van der Waals surface area contributed by atoms with Crippen LogP contribution in [0.3, 0.4) is 0 Å². The summed E-state index contributed by atoms with van der Waals surface area (Å²) < 4.78 is 5.17. The van der Waals surface area contributed by atoms with Gasteiger partial charge in [-0.1, -0.05) is 13.3 Å². The molecule has 15 heavy (non-hydrogen) atoms. The zero-order chi connectivity index (χ0) is 11.2. The summed E-state index contributed by atoms with van der Waals surface area (Å²) in [7, 11) is 1.62. The molecule has 1 unspecified atom stereocenters. The van der Waals surface area contributed by atoms with E-state index in [0.29, 0.717) is 6.54 Å². The van der Waals surface area contributed by atoms with Gasteiger partial charge in [0.05, 0.1) is 11.6 Å². The van der Waals surface area contributed by atoms with E-state index in [1.165, 1.54) is 0 Å². The zero-order valence-electron chi connectivity index (χ0n) is 10.0. The average Bonchev–Trinajstić information content (AvgIpc) is 2.15. The fourth-order valence-corrected chi connectivity index (χ4v) is 0.945. The maximum absolute atomic E-state index is 11.4. The van der Waals surface area contributed by atoms with Crippen molar-refractivity contribution in [3.05, 3.63) is 0 Å². The van der Waals surface area contributed by atoms with Crippen LogP contribution in [0, 0.1) is 0 Å². The topological polar surface area (TPSA) is 64.4 Å². The van der Waals surface area contributed by atoms with E-state index in [9.17, 15) is 4.79 Å². The summed E-state index contributed by atoms with van der Waals surface area (Å²) in [5, 5.41) is 2.77. The van der Waals surface area contributed by atoms with Gasteiger partial charge < -0.3 is 15.8 Å². The minimum Gasteiger partial charge on any atom is -0.377 e. The summed E-state index contributed by atoms with van der Waals surface area (Å²) in [6.45, 7) is 6.32. The van der Waals surface area contributed by atoms with Gasteiger partial charge in [-0.3, -0.25) is 4.79 Å². The Morgan fingerprint density at radius 2 is 2.07 bits per heavy atom. The van der Waals surface area contributed by atoms with Crippen molar-refractivity contribution in [2.75, 3.05) is 13.7 Å². The van der Waals surface area contributed by atoms with Crippen LogP contribution < -0.4 is 11.1 Å². The molecule has 5 heteroatoms. The molecule has 0 rings (SSSR count). The fraction of sp³-hybridized carbons (Fsp3) is 0.900. The first-order valence-corrected chi connectivity index (χ1v) is 5.01. The third-order valence-electron chi connectivity index (χ3n) is 2.18. The Hall–Kier alpha value is -0.320. The molecule has 0 aromatic heterocycles. The molecule has 0 saturated heterocycles.